The van der Waals surface area contributed by atoms with E-state index in [4.69, 9.17) is 9.47 Å². The number of likely N-dealkylation sites (N-methyl/N-ethyl adjacent to an activating group) is 1. The van der Waals surface area contributed by atoms with Crippen LogP contribution in [0.4, 0.5) is 0 Å². The van der Waals surface area contributed by atoms with Gasteiger partial charge in [-0.25, -0.2) is 9.78 Å². The summed E-state index contributed by atoms with van der Waals surface area (Å²) in [5, 5.41) is 10.6. The van der Waals surface area contributed by atoms with Crippen LogP contribution >= 0.6 is 11.3 Å². The Morgan fingerprint density at radius 3 is 2.55 bits per heavy atom. The van der Waals surface area contributed by atoms with Crippen LogP contribution in [0.1, 0.15) is 55.7 Å². The average molecular weight is 426 g/mol. The Balaban J connectivity index is 2.21. The third-order valence-corrected chi connectivity index (χ3v) is 5.45. The molecule has 29 heavy (non-hydrogen) atoms. The van der Waals surface area contributed by atoms with Gasteiger partial charge in [0.1, 0.15) is 15.5 Å². The van der Waals surface area contributed by atoms with Crippen LogP contribution < -0.4 is 5.56 Å². The quantitative estimate of drug-likeness (QED) is 0.563. The molecule has 9 heteroatoms. The fourth-order valence-corrected chi connectivity index (χ4v) is 3.98. The van der Waals surface area contributed by atoms with E-state index in [0.717, 1.165) is 0 Å². The number of aliphatic hydroxyl groups is 1. The van der Waals surface area contributed by atoms with E-state index >= 15 is 0 Å². The van der Waals surface area contributed by atoms with Crippen molar-refractivity contribution in [2.24, 2.45) is 0 Å². The number of carbonyl (C=O) groups excluding carboxylic acids is 1. The monoisotopic (exact) mass is 425 g/mol. The molecule has 1 atom stereocenters. The lowest BCUT2D eigenvalue weighted by molar-refractivity contribution is -0.00912. The minimum atomic E-state index is -0.630. The number of ether oxygens (including phenoxy) is 2. The number of aromatic amines is 1. The van der Waals surface area contributed by atoms with Crippen molar-refractivity contribution in [2.45, 2.75) is 66.4 Å². The molecule has 2 N–H and O–H groups in total. The average Bonchev–Trinajstić information content (AvgIpc) is 2.96. The first kappa shape index (κ1) is 23.5. The molecule has 0 spiro atoms. The second-order valence-corrected chi connectivity index (χ2v) is 8.57. The number of H-pyrrole nitrogens is 1. The maximum absolute atomic E-state index is 12.6. The molecule has 0 saturated carbocycles. The summed E-state index contributed by atoms with van der Waals surface area (Å²) in [5.41, 5.74) is 0.312. The Morgan fingerprint density at radius 2 is 1.97 bits per heavy atom. The maximum Gasteiger partial charge on any atom is 0.348 e. The van der Waals surface area contributed by atoms with Gasteiger partial charge in [0.15, 0.2) is 0 Å². The van der Waals surface area contributed by atoms with Crippen molar-refractivity contribution in [3.8, 4) is 0 Å². The van der Waals surface area contributed by atoms with E-state index in [1.165, 1.54) is 11.3 Å². The van der Waals surface area contributed by atoms with Crippen molar-refractivity contribution in [3.05, 3.63) is 26.6 Å². The molecule has 8 nitrogen and oxygen atoms in total. The molecule has 2 aromatic rings. The van der Waals surface area contributed by atoms with Gasteiger partial charge in [-0.15, -0.1) is 11.3 Å². The molecule has 0 fully saturated rings. The molecule has 0 aliphatic heterocycles. The Morgan fingerprint density at radius 1 is 1.28 bits per heavy atom. The van der Waals surface area contributed by atoms with Gasteiger partial charge in [0.2, 0.25) is 0 Å². The minimum absolute atomic E-state index is 0.0544. The summed E-state index contributed by atoms with van der Waals surface area (Å²) in [6, 6.07) is 0. The van der Waals surface area contributed by atoms with Gasteiger partial charge in [-0.05, 0) is 46.7 Å². The summed E-state index contributed by atoms with van der Waals surface area (Å²) < 4.78 is 10.7. The first-order chi connectivity index (χ1) is 13.6. The van der Waals surface area contributed by atoms with E-state index in [2.05, 4.69) is 9.97 Å². The molecule has 0 radical (unpaired) electrons. The molecule has 2 aromatic heterocycles. The second-order valence-electron chi connectivity index (χ2n) is 7.57. The number of esters is 1. The van der Waals surface area contributed by atoms with Crippen LogP contribution in [0.15, 0.2) is 4.79 Å². The molecule has 2 rings (SSSR count). The van der Waals surface area contributed by atoms with Gasteiger partial charge in [0.25, 0.3) is 5.56 Å². The summed E-state index contributed by atoms with van der Waals surface area (Å²) in [6.45, 7) is 12.8. The Hall–Kier alpha value is -1.81. The summed E-state index contributed by atoms with van der Waals surface area (Å²) in [6.07, 6.45) is -0.814. The third kappa shape index (κ3) is 6.33. The maximum atomic E-state index is 12.6. The highest BCUT2D eigenvalue weighted by molar-refractivity contribution is 7.20. The van der Waals surface area contributed by atoms with Crippen LogP contribution in [0.5, 0.6) is 0 Å². The number of aryl methyl sites for hydroxylation is 1. The van der Waals surface area contributed by atoms with Gasteiger partial charge < -0.3 is 19.6 Å². The zero-order valence-electron chi connectivity index (χ0n) is 17.9. The smallest absolute Gasteiger partial charge is 0.348 e. The number of hydrogen-bond acceptors (Lipinski definition) is 8. The first-order valence-corrected chi connectivity index (χ1v) is 10.7. The van der Waals surface area contributed by atoms with Crippen LogP contribution in [-0.2, 0) is 16.0 Å². The van der Waals surface area contributed by atoms with Crippen LogP contribution in [0.25, 0.3) is 10.2 Å². The molecule has 0 aliphatic carbocycles. The van der Waals surface area contributed by atoms with Gasteiger partial charge >= 0.3 is 5.97 Å². The highest BCUT2D eigenvalue weighted by Crippen LogP contribution is 2.28. The van der Waals surface area contributed by atoms with Crippen molar-refractivity contribution in [2.75, 3.05) is 19.7 Å². The third-order valence-electron chi connectivity index (χ3n) is 4.29. The zero-order valence-corrected chi connectivity index (χ0v) is 18.8. The number of carbonyl (C=O) groups is 1. The fourth-order valence-electron chi connectivity index (χ4n) is 2.90. The highest BCUT2D eigenvalue weighted by Gasteiger charge is 2.22. The number of fused-ring (bicyclic) bond motifs is 1. The summed E-state index contributed by atoms with van der Waals surface area (Å²) >= 11 is 1.17. The second kappa shape index (κ2) is 10.3. The molecular weight excluding hydrogens is 394 g/mol. The molecule has 0 saturated heterocycles. The van der Waals surface area contributed by atoms with Gasteiger partial charge in [-0.1, -0.05) is 6.92 Å². The topological polar surface area (TPSA) is 105 Å². The largest absolute Gasteiger partial charge is 0.459 e. The van der Waals surface area contributed by atoms with E-state index in [1.54, 1.807) is 20.8 Å². The number of nitrogens with one attached hydrogen (secondary N) is 1. The molecule has 162 valence electrons. The molecular formula is C20H31N3O5S. The van der Waals surface area contributed by atoms with Crippen molar-refractivity contribution < 1.29 is 19.4 Å². The molecule has 0 bridgehead atoms. The van der Waals surface area contributed by atoms with E-state index in [0.29, 0.717) is 46.1 Å². The van der Waals surface area contributed by atoms with Crippen molar-refractivity contribution in [3.63, 3.8) is 0 Å². The standard InChI is InChI=1S/C20H31N3O5S/c1-7-23(8-14(24)10-27-11(2)3)9-15-21-18(25)16-13(6)17(29-19(16)22-15)20(26)28-12(4)5/h11-12,14,24H,7-10H2,1-6H3,(H,21,22,25). The number of thiophene rings is 1. The van der Waals surface area contributed by atoms with E-state index < -0.39 is 12.1 Å². The zero-order chi connectivity index (χ0) is 21.7. The number of nitrogens with zero attached hydrogens (tertiary/aromatic N) is 2. The molecule has 1 unspecified atom stereocenters. The fraction of sp³-hybridized carbons (Fsp3) is 0.650. The Kier molecular flexibility index (Phi) is 8.33. The van der Waals surface area contributed by atoms with Crippen LogP contribution in [0.3, 0.4) is 0 Å². The lowest BCUT2D eigenvalue weighted by atomic mass is 10.2. The molecule has 0 amide bonds. The summed E-state index contributed by atoms with van der Waals surface area (Å²) in [5.74, 6) is 0.0521. The van der Waals surface area contributed by atoms with Gasteiger partial charge in [0, 0.05) is 6.54 Å². The first-order valence-electron chi connectivity index (χ1n) is 9.87. The summed E-state index contributed by atoms with van der Waals surface area (Å²) in [7, 11) is 0. The van der Waals surface area contributed by atoms with Crippen molar-refractivity contribution >= 4 is 27.5 Å². The SMILES string of the molecule is CCN(Cc1nc2sc(C(=O)OC(C)C)c(C)c2c(=O)[nH]1)CC(O)COC(C)C. The van der Waals surface area contributed by atoms with Crippen LogP contribution in [-0.4, -0.2) is 64.0 Å². The molecule has 2 heterocycles. The number of aromatic nitrogens is 2. The van der Waals surface area contributed by atoms with Gasteiger partial charge in [-0.3, -0.25) is 9.69 Å². The van der Waals surface area contributed by atoms with Crippen molar-refractivity contribution in [1.29, 1.82) is 0 Å². The predicted octanol–water partition coefficient (Wildman–Crippen LogP) is 2.47. The lowest BCUT2D eigenvalue weighted by Gasteiger charge is -2.23. The minimum Gasteiger partial charge on any atom is -0.459 e. The number of rotatable bonds is 10. The highest BCUT2D eigenvalue weighted by atomic mass is 32.1. The van der Waals surface area contributed by atoms with E-state index in [9.17, 15) is 14.7 Å². The van der Waals surface area contributed by atoms with Crippen LogP contribution in [0, 0.1) is 6.92 Å². The van der Waals surface area contributed by atoms with E-state index in [1.807, 2.05) is 25.7 Å². The predicted molar refractivity (Wildman–Crippen MR) is 114 cm³/mol. The number of hydrogen-bond donors (Lipinski definition) is 2. The Labute approximate surface area is 174 Å². The number of aliphatic hydroxyl groups excluding tert-OH is 1. The molecule has 0 aromatic carbocycles. The lowest BCUT2D eigenvalue weighted by Crippen LogP contribution is -2.35. The van der Waals surface area contributed by atoms with Crippen LogP contribution in [0.2, 0.25) is 0 Å². The normalized spacial score (nSPS) is 13.0. The van der Waals surface area contributed by atoms with E-state index in [-0.39, 0.29) is 24.4 Å². The van der Waals surface area contributed by atoms with Gasteiger partial charge in [-0.2, -0.15) is 0 Å². The Bertz CT molecular complexity index is 890. The summed E-state index contributed by atoms with van der Waals surface area (Å²) in [4.78, 5) is 35.2. The molecule has 0 aliphatic rings. The van der Waals surface area contributed by atoms with Crippen molar-refractivity contribution in [1.82, 2.24) is 14.9 Å². The van der Waals surface area contributed by atoms with Gasteiger partial charge in [0.05, 0.1) is 36.8 Å².